The molecule has 0 radical (unpaired) electrons. The largest absolute Gasteiger partial charge is 0.401 e. The van der Waals surface area contributed by atoms with Crippen LogP contribution in [0.4, 0.5) is 5.69 Å². The van der Waals surface area contributed by atoms with Crippen molar-refractivity contribution in [2.24, 2.45) is 0 Å². The molecule has 0 spiro atoms. The standard InChI is InChI=1S/C7H7NO4S/c1-13(11)12-7-4-2-6(3-5-7)8(9)10/h2-5H,1H3. The summed E-state index contributed by atoms with van der Waals surface area (Å²) in [5.74, 6) is 0.353. The fourth-order valence-corrected chi connectivity index (χ4v) is 1.14. The van der Waals surface area contributed by atoms with Crippen LogP contribution in [-0.2, 0) is 11.1 Å². The van der Waals surface area contributed by atoms with Gasteiger partial charge in [-0.15, -0.1) is 0 Å². The monoisotopic (exact) mass is 201 g/mol. The molecule has 0 saturated heterocycles. The van der Waals surface area contributed by atoms with Crippen molar-refractivity contribution < 1.29 is 13.3 Å². The maximum absolute atomic E-state index is 10.6. The molecular weight excluding hydrogens is 194 g/mol. The van der Waals surface area contributed by atoms with E-state index >= 15 is 0 Å². The number of non-ortho nitro benzene ring substituents is 1. The van der Waals surface area contributed by atoms with Crippen molar-refractivity contribution in [2.75, 3.05) is 6.26 Å². The molecule has 70 valence electrons. The number of nitro benzene ring substituents is 1. The van der Waals surface area contributed by atoms with Gasteiger partial charge in [-0.3, -0.25) is 10.1 Å². The zero-order chi connectivity index (χ0) is 9.84. The fraction of sp³-hybridized carbons (Fsp3) is 0.143. The average Bonchev–Trinajstić information content (AvgIpc) is 2.04. The fourth-order valence-electron chi connectivity index (χ4n) is 0.759. The van der Waals surface area contributed by atoms with E-state index in [1.165, 1.54) is 30.5 Å². The molecule has 1 aromatic carbocycles. The van der Waals surface area contributed by atoms with Crippen LogP contribution in [0.2, 0.25) is 0 Å². The van der Waals surface area contributed by atoms with Crippen LogP contribution in [0.3, 0.4) is 0 Å². The Labute approximate surface area is 77.1 Å². The number of nitrogens with zero attached hydrogens (tertiary/aromatic N) is 1. The first-order valence-corrected chi connectivity index (χ1v) is 4.84. The molecule has 1 rings (SSSR count). The molecule has 5 nitrogen and oxygen atoms in total. The van der Waals surface area contributed by atoms with E-state index in [4.69, 9.17) is 4.18 Å². The Balaban J connectivity index is 2.81. The number of hydrogen-bond acceptors (Lipinski definition) is 4. The minimum atomic E-state index is -1.40. The molecule has 1 aromatic rings. The minimum absolute atomic E-state index is 0.0192. The van der Waals surface area contributed by atoms with E-state index < -0.39 is 16.0 Å². The minimum Gasteiger partial charge on any atom is -0.401 e. The van der Waals surface area contributed by atoms with Crippen LogP contribution in [0.5, 0.6) is 5.75 Å². The smallest absolute Gasteiger partial charge is 0.269 e. The molecule has 0 aromatic heterocycles. The Morgan fingerprint density at radius 2 is 1.92 bits per heavy atom. The van der Waals surface area contributed by atoms with Crippen molar-refractivity contribution >= 4 is 16.8 Å². The summed E-state index contributed by atoms with van der Waals surface area (Å²) in [6.45, 7) is 0. The molecule has 6 heteroatoms. The van der Waals surface area contributed by atoms with Crippen LogP contribution in [0.1, 0.15) is 0 Å². The van der Waals surface area contributed by atoms with E-state index in [2.05, 4.69) is 0 Å². The quantitative estimate of drug-likeness (QED) is 0.545. The molecule has 0 aliphatic carbocycles. The molecule has 0 N–H and O–H groups in total. The Kier molecular flexibility index (Phi) is 2.97. The Bertz CT molecular complexity index is 335. The highest BCUT2D eigenvalue weighted by Crippen LogP contribution is 2.17. The summed E-state index contributed by atoms with van der Waals surface area (Å²) >= 11 is -1.40. The van der Waals surface area contributed by atoms with E-state index in [1.807, 2.05) is 0 Å². The van der Waals surface area contributed by atoms with E-state index in [0.717, 1.165) is 0 Å². The van der Waals surface area contributed by atoms with Crippen LogP contribution in [0, 0.1) is 10.1 Å². The summed E-state index contributed by atoms with van der Waals surface area (Å²) in [4.78, 5) is 9.73. The normalized spacial score (nSPS) is 12.1. The van der Waals surface area contributed by atoms with Gasteiger partial charge in [-0.1, -0.05) is 0 Å². The van der Waals surface area contributed by atoms with Gasteiger partial charge in [0.05, 0.1) is 4.92 Å². The Morgan fingerprint density at radius 3 is 2.31 bits per heavy atom. The molecule has 0 fully saturated rings. The van der Waals surface area contributed by atoms with Gasteiger partial charge in [-0.2, -0.15) is 0 Å². The summed E-state index contributed by atoms with van der Waals surface area (Å²) in [6.07, 6.45) is 1.38. The van der Waals surface area contributed by atoms with E-state index in [0.29, 0.717) is 5.75 Å². The summed E-state index contributed by atoms with van der Waals surface area (Å²) in [6, 6.07) is 5.39. The topological polar surface area (TPSA) is 69.4 Å². The number of hydrogen-bond donors (Lipinski definition) is 0. The van der Waals surface area contributed by atoms with Gasteiger partial charge in [0.1, 0.15) is 5.75 Å². The second-order valence-electron chi connectivity index (χ2n) is 2.24. The molecule has 0 saturated carbocycles. The van der Waals surface area contributed by atoms with Gasteiger partial charge in [0, 0.05) is 18.4 Å². The van der Waals surface area contributed by atoms with Crippen molar-refractivity contribution in [2.45, 2.75) is 0 Å². The van der Waals surface area contributed by atoms with Crippen LogP contribution >= 0.6 is 0 Å². The first-order valence-electron chi connectivity index (χ1n) is 3.36. The van der Waals surface area contributed by atoms with Crippen molar-refractivity contribution in [3.63, 3.8) is 0 Å². The molecular formula is C7H7NO4S. The molecule has 0 bridgehead atoms. The maximum Gasteiger partial charge on any atom is 0.269 e. The zero-order valence-electron chi connectivity index (χ0n) is 6.80. The molecule has 1 unspecified atom stereocenters. The van der Waals surface area contributed by atoms with Gasteiger partial charge < -0.3 is 4.18 Å². The number of benzene rings is 1. The molecule has 13 heavy (non-hydrogen) atoms. The third kappa shape index (κ3) is 2.83. The third-order valence-corrected chi connectivity index (χ3v) is 1.69. The van der Waals surface area contributed by atoms with E-state index in [9.17, 15) is 14.3 Å². The van der Waals surface area contributed by atoms with Crippen molar-refractivity contribution in [1.82, 2.24) is 0 Å². The SMILES string of the molecule is CS(=O)Oc1ccc([N+](=O)[O-])cc1. The highest BCUT2D eigenvalue weighted by molar-refractivity contribution is 7.79. The van der Waals surface area contributed by atoms with Crippen LogP contribution in [-0.4, -0.2) is 15.4 Å². The van der Waals surface area contributed by atoms with E-state index in [-0.39, 0.29) is 5.69 Å². The average molecular weight is 201 g/mol. The second-order valence-corrected chi connectivity index (χ2v) is 3.21. The maximum atomic E-state index is 10.6. The molecule has 0 aliphatic heterocycles. The number of rotatable bonds is 3. The predicted molar refractivity (Wildman–Crippen MR) is 47.8 cm³/mol. The third-order valence-electron chi connectivity index (χ3n) is 1.26. The van der Waals surface area contributed by atoms with Crippen molar-refractivity contribution in [1.29, 1.82) is 0 Å². The lowest BCUT2D eigenvalue weighted by Crippen LogP contribution is -1.96. The zero-order valence-corrected chi connectivity index (χ0v) is 7.61. The lowest BCUT2D eigenvalue weighted by molar-refractivity contribution is -0.384. The molecule has 0 heterocycles. The van der Waals surface area contributed by atoms with Gasteiger partial charge in [0.15, 0.2) is 0 Å². The first kappa shape index (κ1) is 9.66. The van der Waals surface area contributed by atoms with Gasteiger partial charge in [-0.05, 0) is 12.1 Å². The first-order chi connectivity index (χ1) is 6.09. The van der Waals surface area contributed by atoms with Crippen molar-refractivity contribution in [3.05, 3.63) is 34.4 Å². The predicted octanol–water partition coefficient (Wildman–Crippen LogP) is 1.27. The summed E-state index contributed by atoms with van der Waals surface area (Å²) in [5.41, 5.74) is -0.0192. The summed E-state index contributed by atoms with van der Waals surface area (Å²) in [5, 5.41) is 10.2. The number of nitro groups is 1. The van der Waals surface area contributed by atoms with Gasteiger partial charge >= 0.3 is 0 Å². The van der Waals surface area contributed by atoms with Crippen molar-refractivity contribution in [3.8, 4) is 5.75 Å². The summed E-state index contributed by atoms with van der Waals surface area (Å²) in [7, 11) is 0. The lowest BCUT2D eigenvalue weighted by atomic mass is 10.3. The van der Waals surface area contributed by atoms with Gasteiger partial charge in [0.2, 0.25) is 11.1 Å². The molecule has 1 atom stereocenters. The van der Waals surface area contributed by atoms with Crippen LogP contribution in [0.15, 0.2) is 24.3 Å². The van der Waals surface area contributed by atoms with Gasteiger partial charge in [-0.25, -0.2) is 4.21 Å². The highest BCUT2D eigenvalue weighted by atomic mass is 32.2. The highest BCUT2D eigenvalue weighted by Gasteiger charge is 2.04. The Morgan fingerprint density at radius 1 is 1.38 bits per heavy atom. The lowest BCUT2D eigenvalue weighted by Gasteiger charge is -1.99. The van der Waals surface area contributed by atoms with Gasteiger partial charge in [0.25, 0.3) is 5.69 Å². The van der Waals surface area contributed by atoms with Crippen LogP contribution in [0.25, 0.3) is 0 Å². The second kappa shape index (κ2) is 3.99. The molecule has 0 aliphatic rings. The molecule has 0 amide bonds. The summed E-state index contributed by atoms with van der Waals surface area (Å²) < 4.78 is 15.4. The van der Waals surface area contributed by atoms with E-state index in [1.54, 1.807) is 0 Å². The Hall–Kier alpha value is -1.43. The van der Waals surface area contributed by atoms with Crippen LogP contribution < -0.4 is 4.18 Å².